The lowest BCUT2D eigenvalue weighted by atomic mass is 10.1. The minimum absolute atomic E-state index is 0.0441. The fourth-order valence-corrected chi connectivity index (χ4v) is 1.64. The third-order valence-corrected chi connectivity index (χ3v) is 2.76. The molecule has 0 aliphatic carbocycles. The van der Waals surface area contributed by atoms with E-state index in [4.69, 9.17) is 10.00 Å². The number of aryl methyl sites for hydroxylation is 1. The normalized spacial score (nSPS) is 10.0. The van der Waals surface area contributed by atoms with Gasteiger partial charge in [-0.05, 0) is 48.4 Å². The first-order chi connectivity index (χ1) is 9.10. The van der Waals surface area contributed by atoms with Crippen molar-refractivity contribution in [3.63, 3.8) is 0 Å². The van der Waals surface area contributed by atoms with E-state index in [2.05, 4.69) is 0 Å². The van der Waals surface area contributed by atoms with Crippen molar-refractivity contribution >= 4 is 0 Å². The van der Waals surface area contributed by atoms with Gasteiger partial charge in [0, 0.05) is 0 Å². The van der Waals surface area contributed by atoms with Crippen LogP contribution in [0.1, 0.15) is 16.7 Å². The molecule has 0 N–H and O–H groups in total. The minimum atomic E-state index is -0.604. The first kappa shape index (κ1) is 13.0. The van der Waals surface area contributed by atoms with Gasteiger partial charge in [-0.2, -0.15) is 5.26 Å². The highest BCUT2D eigenvalue weighted by Crippen LogP contribution is 2.20. The van der Waals surface area contributed by atoms with Crippen LogP contribution in [-0.2, 0) is 6.61 Å². The lowest BCUT2D eigenvalue weighted by Crippen LogP contribution is -2.00. The second kappa shape index (κ2) is 5.49. The van der Waals surface area contributed by atoms with Gasteiger partial charge in [0.1, 0.15) is 12.4 Å². The molecular weight excluding hydrogens is 248 g/mol. The molecule has 0 bridgehead atoms. The zero-order chi connectivity index (χ0) is 13.8. The molecular formula is C15H11F2NO. The van der Waals surface area contributed by atoms with Crippen molar-refractivity contribution in [2.24, 2.45) is 0 Å². The Kier molecular flexibility index (Phi) is 3.76. The van der Waals surface area contributed by atoms with Crippen molar-refractivity contribution in [1.82, 2.24) is 0 Å². The fraction of sp³-hybridized carbons (Fsp3) is 0.133. The predicted octanol–water partition coefficient (Wildman–Crippen LogP) is 3.72. The lowest BCUT2D eigenvalue weighted by Gasteiger charge is -2.09. The molecule has 0 amide bonds. The topological polar surface area (TPSA) is 33.0 Å². The molecule has 0 atom stereocenters. The van der Waals surface area contributed by atoms with Crippen LogP contribution in [0.25, 0.3) is 0 Å². The summed E-state index contributed by atoms with van der Waals surface area (Å²) in [7, 11) is 0. The molecule has 19 heavy (non-hydrogen) atoms. The van der Waals surface area contributed by atoms with Crippen LogP contribution in [0.3, 0.4) is 0 Å². The van der Waals surface area contributed by atoms with Crippen molar-refractivity contribution in [1.29, 1.82) is 5.26 Å². The molecule has 0 spiro atoms. The number of rotatable bonds is 3. The van der Waals surface area contributed by atoms with E-state index in [9.17, 15) is 8.78 Å². The van der Waals surface area contributed by atoms with Crippen LogP contribution in [-0.4, -0.2) is 0 Å². The van der Waals surface area contributed by atoms with Crippen LogP contribution in [0.5, 0.6) is 5.75 Å². The molecule has 0 aliphatic rings. The first-order valence-corrected chi connectivity index (χ1v) is 5.67. The molecule has 2 nitrogen and oxygen atoms in total. The summed E-state index contributed by atoms with van der Waals surface area (Å²) in [6, 6.07) is 10.2. The Balaban J connectivity index is 2.15. The number of hydrogen-bond acceptors (Lipinski definition) is 2. The number of hydrogen-bond donors (Lipinski definition) is 0. The second-order valence-electron chi connectivity index (χ2n) is 4.12. The van der Waals surface area contributed by atoms with Gasteiger partial charge in [0.25, 0.3) is 0 Å². The second-order valence-corrected chi connectivity index (χ2v) is 4.12. The van der Waals surface area contributed by atoms with Gasteiger partial charge in [-0.15, -0.1) is 0 Å². The molecule has 2 rings (SSSR count). The van der Waals surface area contributed by atoms with Gasteiger partial charge < -0.3 is 4.74 Å². The maximum Gasteiger partial charge on any atom is 0.166 e. The van der Waals surface area contributed by atoms with E-state index in [1.165, 1.54) is 24.3 Å². The van der Waals surface area contributed by atoms with Gasteiger partial charge in [0.15, 0.2) is 11.6 Å². The van der Waals surface area contributed by atoms with Gasteiger partial charge >= 0.3 is 0 Å². The van der Waals surface area contributed by atoms with Gasteiger partial charge in [0.05, 0.1) is 11.6 Å². The number of benzene rings is 2. The van der Waals surface area contributed by atoms with Gasteiger partial charge in [-0.25, -0.2) is 8.78 Å². The maximum absolute atomic E-state index is 13.6. The first-order valence-electron chi connectivity index (χ1n) is 5.67. The zero-order valence-electron chi connectivity index (χ0n) is 10.3. The zero-order valence-corrected chi connectivity index (χ0v) is 10.3. The number of halogens is 2. The SMILES string of the molecule is Cc1ccc(F)cc1COc1ccc(C#N)cc1F. The molecule has 2 aromatic rings. The summed E-state index contributed by atoms with van der Waals surface area (Å²) >= 11 is 0. The molecule has 0 aliphatic heterocycles. The Hall–Kier alpha value is -2.41. The van der Waals surface area contributed by atoms with E-state index in [0.717, 1.165) is 11.6 Å². The molecule has 0 heterocycles. The number of ether oxygens (including phenoxy) is 1. The molecule has 0 radical (unpaired) electrons. The highest BCUT2D eigenvalue weighted by Gasteiger charge is 2.07. The van der Waals surface area contributed by atoms with Gasteiger partial charge in [-0.1, -0.05) is 6.07 Å². The summed E-state index contributed by atoms with van der Waals surface area (Å²) in [5.74, 6) is -0.916. The Labute approximate surface area is 109 Å². The van der Waals surface area contributed by atoms with Gasteiger partial charge in [0.2, 0.25) is 0 Å². The van der Waals surface area contributed by atoms with Crippen LogP contribution >= 0.6 is 0 Å². The van der Waals surface area contributed by atoms with Gasteiger partial charge in [-0.3, -0.25) is 0 Å². The monoisotopic (exact) mass is 259 g/mol. The molecule has 0 saturated heterocycles. The van der Waals surface area contributed by atoms with E-state index in [-0.39, 0.29) is 23.7 Å². The Bertz CT molecular complexity index is 647. The van der Waals surface area contributed by atoms with Crippen molar-refractivity contribution in [2.45, 2.75) is 13.5 Å². The number of nitrogens with zero attached hydrogens (tertiary/aromatic N) is 1. The highest BCUT2D eigenvalue weighted by molar-refractivity contribution is 5.36. The fourth-order valence-electron chi connectivity index (χ4n) is 1.64. The van der Waals surface area contributed by atoms with E-state index in [0.29, 0.717) is 5.56 Å². The Morgan fingerprint density at radius 2 is 1.95 bits per heavy atom. The lowest BCUT2D eigenvalue weighted by molar-refractivity contribution is 0.289. The van der Waals surface area contributed by atoms with Crippen LogP contribution in [0.15, 0.2) is 36.4 Å². The summed E-state index contributed by atoms with van der Waals surface area (Å²) < 4.78 is 32.0. The standard InChI is InChI=1S/C15H11F2NO/c1-10-2-4-13(16)7-12(10)9-19-15-5-3-11(8-18)6-14(15)17/h2-7H,9H2,1H3. The third kappa shape index (κ3) is 3.08. The average molecular weight is 259 g/mol. The predicted molar refractivity (Wildman–Crippen MR) is 66.6 cm³/mol. The summed E-state index contributed by atoms with van der Waals surface area (Å²) in [5.41, 5.74) is 1.76. The van der Waals surface area contributed by atoms with Crippen molar-refractivity contribution in [2.75, 3.05) is 0 Å². The summed E-state index contributed by atoms with van der Waals surface area (Å²) in [6.45, 7) is 1.90. The summed E-state index contributed by atoms with van der Waals surface area (Å²) in [4.78, 5) is 0. The minimum Gasteiger partial charge on any atom is -0.486 e. The smallest absolute Gasteiger partial charge is 0.166 e. The Morgan fingerprint density at radius 3 is 2.63 bits per heavy atom. The molecule has 4 heteroatoms. The molecule has 2 aromatic carbocycles. The molecule has 0 saturated carbocycles. The molecule has 0 fully saturated rings. The van der Waals surface area contributed by atoms with Crippen molar-refractivity contribution in [3.8, 4) is 11.8 Å². The highest BCUT2D eigenvalue weighted by atomic mass is 19.1. The van der Waals surface area contributed by atoms with E-state index in [1.807, 2.05) is 13.0 Å². The molecule has 0 aromatic heterocycles. The summed E-state index contributed by atoms with van der Waals surface area (Å²) in [5, 5.41) is 8.63. The summed E-state index contributed by atoms with van der Waals surface area (Å²) in [6.07, 6.45) is 0. The maximum atomic E-state index is 13.6. The van der Waals surface area contributed by atoms with Crippen molar-refractivity contribution < 1.29 is 13.5 Å². The average Bonchev–Trinajstić information content (AvgIpc) is 2.40. The molecule has 0 unspecified atom stereocenters. The van der Waals surface area contributed by atoms with E-state index in [1.54, 1.807) is 6.07 Å². The van der Waals surface area contributed by atoms with Crippen LogP contribution in [0.2, 0.25) is 0 Å². The quantitative estimate of drug-likeness (QED) is 0.841. The van der Waals surface area contributed by atoms with Crippen LogP contribution in [0.4, 0.5) is 8.78 Å². The largest absolute Gasteiger partial charge is 0.486 e. The third-order valence-electron chi connectivity index (χ3n) is 2.76. The Morgan fingerprint density at radius 1 is 1.16 bits per heavy atom. The van der Waals surface area contributed by atoms with Crippen LogP contribution in [0, 0.1) is 29.9 Å². The van der Waals surface area contributed by atoms with E-state index < -0.39 is 5.82 Å². The van der Waals surface area contributed by atoms with Crippen molar-refractivity contribution in [3.05, 3.63) is 64.7 Å². The number of nitriles is 1. The van der Waals surface area contributed by atoms with E-state index >= 15 is 0 Å². The molecule has 96 valence electrons. The van der Waals surface area contributed by atoms with Crippen LogP contribution < -0.4 is 4.74 Å².